The van der Waals surface area contributed by atoms with Crippen LogP contribution >= 0.6 is 24.4 Å². The molecule has 0 saturated heterocycles. The summed E-state index contributed by atoms with van der Waals surface area (Å²) in [7, 11) is 0. The van der Waals surface area contributed by atoms with Crippen LogP contribution in [0.4, 0.5) is 0 Å². The fourth-order valence-electron chi connectivity index (χ4n) is 1.83. The minimum absolute atomic E-state index is 0.0630. The van der Waals surface area contributed by atoms with Gasteiger partial charge in [-0.1, -0.05) is 0 Å². The number of thiol groups is 1. The number of carbonyl (C=O) groups excluding carboxylic acids is 3. The summed E-state index contributed by atoms with van der Waals surface area (Å²) < 4.78 is 0. The van der Waals surface area contributed by atoms with E-state index in [0.717, 1.165) is 0 Å². The molecule has 156 valence electrons. The number of aliphatic hydroxyl groups is 1. The van der Waals surface area contributed by atoms with Gasteiger partial charge in [0.1, 0.15) is 24.2 Å². The molecule has 5 unspecified atom stereocenters. The van der Waals surface area contributed by atoms with Gasteiger partial charge in [0.2, 0.25) is 17.7 Å². The van der Waals surface area contributed by atoms with Crippen LogP contribution < -0.4 is 21.7 Å². The Bertz CT molecular complexity index is 534. The van der Waals surface area contributed by atoms with Gasteiger partial charge >= 0.3 is 5.97 Å². The first-order valence-corrected chi connectivity index (χ1v) is 10.2. The number of carboxylic acid groups (broad SMARTS) is 1. The molecular formula is C15H28N4O6S2. The molecule has 0 bridgehead atoms. The molecule has 0 fully saturated rings. The molecule has 0 radical (unpaired) electrons. The van der Waals surface area contributed by atoms with Crippen molar-refractivity contribution in [3.05, 3.63) is 0 Å². The first-order valence-electron chi connectivity index (χ1n) is 8.22. The molecule has 0 aromatic heterocycles. The average Bonchev–Trinajstić information content (AvgIpc) is 2.61. The van der Waals surface area contributed by atoms with Crippen molar-refractivity contribution in [2.45, 2.75) is 50.5 Å². The molecule has 0 aromatic rings. The zero-order valence-corrected chi connectivity index (χ0v) is 17.2. The smallest absolute Gasteiger partial charge is 0.325 e. The lowest BCUT2D eigenvalue weighted by Crippen LogP contribution is -2.58. The van der Waals surface area contributed by atoms with Crippen LogP contribution in [0.25, 0.3) is 0 Å². The van der Waals surface area contributed by atoms with E-state index in [1.54, 1.807) is 0 Å². The summed E-state index contributed by atoms with van der Waals surface area (Å²) >= 11 is 5.47. The number of hydrogen-bond acceptors (Lipinski definition) is 8. The summed E-state index contributed by atoms with van der Waals surface area (Å²) in [6.45, 7) is 2.65. The van der Waals surface area contributed by atoms with E-state index in [2.05, 4.69) is 28.6 Å². The molecule has 0 aliphatic heterocycles. The average molecular weight is 425 g/mol. The third-order valence-electron chi connectivity index (χ3n) is 3.61. The molecule has 0 aliphatic carbocycles. The number of carboxylic acids is 1. The maximum atomic E-state index is 12.4. The van der Waals surface area contributed by atoms with Gasteiger partial charge < -0.3 is 31.9 Å². The van der Waals surface area contributed by atoms with E-state index < -0.39 is 54.0 Å². The van der Waals surface area contributed by atoms with E-state index in [9.17, 15) is 24.3 Å². The third-order valence-corrected chi connectivity index (χ3v) is 4.62. The molecule has 7 N–H and O–H groups in total. The van der Waals surface area contributed by atoms with Crippen molar-refractivity contribution in [1.82, 2.24) is 16.0 Å². The van der Waals surface area contributed by atoms with Crippen molar-refractivity contribution in [2.75, 3.05) is 17.8 Å². The Labute approximate surface area is 167 Å². The van der Waals surface area contributed by atoms with Crippen LogP contribution in [-0.4, -0.2) is 81.9 Å². The molecule has 10 nitrogen and oxygen atoms in total. The van der Waals surface area contributed by atoms with Crippen LogP contribution in [0.1, 0.15) is 20.3 Å². The van der Waals surface area contributed by atoms with Gasteiger partial charge in [-0.15, -0.1) is 0 Å². The standard InChI is InChI=1S/C15H28N4O6S2/c1-7(15(24)25)17-12(21)9(4-5-27-3)18-13(22)10(6-26)19-14(23)11(16)8(2)20/h7-11,20,26H,4-6,16H2,1-3H3,(H,17,21)(H,18,22)(H,19,23)(H,24,25). The fourth-order valence-corrected chi connectivity index (χ4v) is 2.56. The molecule has 0 saturated carbocycles. The van der Waals surface area contributed by atoms with Crippen LogP contribution in [-0.2, 0) is 19.2 Å². The highest BCUT2D eigenvalue weighted by Crippen LogP contribution is 2.03. The first-order chi connectivity index (χ1) is 12.5. The number of aliphatic hydroxyl groups excluding tert-OH is 1. The molecule has 3 amide bonds. The Kier molecular flexibility index (Phi) is 12.1. The summed E-state index contributed by atoms with van der Waals surface area (Å²) in [5.41, 5.74) is 5.52. The molecule has 0 aromatic carbocycles. The Morgan fingerprint density at radius 3 is 2.00 bits per heavy atom. The van der Waals surface area contributed by atoms with Crippen molar-refractivity contribution in [3.8, 4) is 0 Å². The second-order valence-corrected chi connectivity index (χ2v) is 7.27. The lowest BCUT2D eigenvalue weighted by atomic mass is 10.1. The lowest BCUT2D eigenvalue weighted by molar-refractivity contribution is -0.141. The summed E-state index contributed by atoms with van der Waals surface area (Å²) in [5, 5.41) is 25.4. The Hall–Kier alpha value is -1.50. The van der Waals surface area contributed by atoms with E-state index in [1.165, 1.54) is 25.6 Å². The number of nitrogens with one attached hydrogen (secondary N) is 3. The van der Waals surface area contributed by atoms with Gasteiger partial charge in [0.25, 0.3) is 0 Å². The number of rotatable bonds is 12. The minimum atomic E-state index is -1.22. The van der Waals surface area contributed by atoms with Gasteiger partial charge in [0.05, 0.1) is 6.10 Å². The highest BCUT2D eigenvalue weighted by atomic mass is 32.2. The number of thioether (sulfide) groups is 1. The quantitative estimate of drug-likeness (QED) is 0.175. The number of carbonyl (C=O) groups is 4. The SMILES string of the molecule is CSCCC(NC(=O)C(CS)NC(=O)C(N)C(C)O)C(=O)NC(C)C(=O)O. The summed E-state index contributed by atoms with van der Waals surface area (Å²) in [6, 6.07) is -4.38. The highest BCUT2D eigenvalue weighted by Gasteiger charge is 2.29. The van der Waals surface area contributed by atoms with Crippen LogP contribution in [0, 0.1) is 0 Å². The zero-order valence-electron chi connectivity index (χ0n) is 15.5. The Morgan fingerprint density at radius 2 is 1.56 bits per heavy atom. The van der Waals surface area contributed by atoms with Gasteiger partial charge in [-0.05, 0) is 32.3 Å². The van der Waals surface area contributed by atoms with Gasteiger partial charge in [-0.3, -0.25) is 19.2 Å². The predicted octanol–water partition coefficient (Wildman–Crippen LogP) is -2.06. The summed E-state index contributed by atoms with van der Waals surface area (Å²) in [6.07, 6.45) is 0.988. The Balaban J connectivity index is 5.04. The molecule has 12 heteroatoms. The number of aliphatic carboxylic acids is 1. The molecule has 0 heterocycles. The van der Waals surface area contributed by atoms with Crippen molar-refractivity contribution < 1.29 is 29.4 Å². The number of nitrogens with two attached hydrogens (primary N) is 1. The van der Waals surface area contributed by atoms with Crippen LogP contribution in [0.5, 0.6) is 0 Å². The van der Waals surface area contributed by atoms with Gasteiger partial charge in [0, 0.05) is 5.75 Å². The highest BCUT2D eigenvalue weighted by molar-refractivity contribution is 7.98. The van der Waals surface area contributed by atoms with E-state index in [1.807, 2.05) is 6.26 Å². The van der Waals surface area contributed by atoms with Crippen LogP contribution in [0.15, 0.2) is 0 Å². The second kappa shape index (κ2) is 12.8. The third kappa shape index (κ3) is 9.31. The topological polar surface area (TPSA) is 171 Å². The molecule has 0 rings (SSSR count). The molecule has 27 heavy (non-hydrogen) atoms. The fraction of sp³-hybridized carbons (Fsp3) is 0.733. The normalized spacial score (nSPS) is 16.4. The Morgan fingerprint density at radius 1 is 1.04 bits per heavy atom. The lowest BCUT2D eigenvalue weighted by Gasteiger charge is -2.24. The monoisotopic (exact) mass is 424 g/mol. The number of hydrogen-bond donors (Lipinski definition) is 7. The van der Waals surface area contributed by atoms with Crippen molar-refractivity contribution >= 4 is 48.1 Å². The van der Waals surface area contributed by atoms with Gasteiger partial charge in [-0.2, -0.15) is 24.4 Å². The van der Waals surface area contributed by atoms with E-state index in [4.69, 9.17) is 10.8 Å². The molecular weight excluding hydrogens is 396 g/mol. The summed E-state index contributed by atoms with van der Waals surface area (Å²) in [5.74, 6) is -2.76. The minimum Gasteiger partial charge on any atom is -0.480 e. The van der Waals surface area contributed by atoms with Gasteiger partial charge in [0.15, 0.2) is 0 Å². The van der Waals surface area contributed by atoms with Crippen molar-refractivity contribution in [3.63, 3.8) is 0 Å². The molecule has 0 aliphatic rings. The number of amides is 3. The van der Waals surface area contributed by atoms with Crippen molar-refractivity contribution in [2.24, 2.45) is 5.73 Å². The van der Waals surface area contributed by atoms with Crippen molar-refractivity contribution in [1.29, 1.82) is 0 Å². The van der Waals surface area contributed by atoms with E-state index in [-0.39, 0.29) is 12.2 Å². The summed E-state index contributed by atoms with van der Waals surface area (Å²) in [4.78, 5) is 47.5. The predicted molar refractivity (Wildman–Crippen MR) is 106 cm³/mol. The molecule has 5 atom stereocenters. The second-order valence-electron chi connectivity index (χ2n) is 5.92. The maximum Gasteiger partial charge on any atom is 0.325 e. The van der Waals surface area contributed by atoms with Crippen LogP contribution in [0.2, 0.25) is 0 Å². The maximum absolute atomic E-state index is 12.4. The van der Waals surface area contributed by atoms with Gasteiger partial charge in [-0.25, -0.2) is 0 Å². The van der Waals surface area contributed by atoms with E-state index >= 15 is 0 Å². The largest absolute Gasteiger partial charge is 0.480 e. The van der Waals surface area contributed by atoms with Crippen LogP contribution in [0.3, 0.4) is 0 Å². The zero-order chi connectivity index (χ0) is 21.1. The van der Waals surface area contributed by atoms with E-state index in [0.29, 0.717) is 5.75 Å². The molecule has 0 spiro atoms. The first kappa shape index (κ1) is 25.5.